The molecule has 2 N–H and O–H groups in total. The van der Waals surface area contributed by atoms with Gasteiger partial charge in [-0.2, -0.15) is 0 Å². The summed E-state index contributed by atoms with van der Waals surface area (Å²) in [5, 5.41) is 0. The van der Waals surface area contributed by atoms with Gasteiger partial charge in [0.05, 0.1) is 37.4 Å². The minimum absolute atomic E-state index is 0.0732. The molecule has 8 heteroatoms. The number of aromatic nitrogens is 2. The van der Waals surface area contributed by atoms with Crippen molar-refractivity contribution in [3.63, 3.8) is 0 Å². The normalized spacial score (nSPS) is 20.4. The van der Waals surface area contributed by atoms with Crippen LogP contribution in [0.3, 0.4) is 0 Å². The fourth-order valence-electron chi connectivity index (χ4n) is 2.95. The van der Waals surface area contributed by atoms with Gasteiger partial charge in [0.1, 0.15) is 0 Å². The second kappa shape index (κ2) is 5.09. The fraction of sp³-hybridized carbons (Fsp3) is 0.467. The summed E-state index contributed by atoms with van der Waals surface area (Å²) in [4.78, 5) is 17.7. The van der Waals surface area contributed by atoms with Crippen LogP contribution < -0.4 is 10.6 Å². The topological polar surface area (TPSA) is 82.6 Å². The Kier molecular flexibility index (Phi) is 3.15. The molecule has 23 heavy (non-hydrogen) atoms. The molecule has 4 rings (SSSR count). The number of halogens is 1. The lowest BCUT2D eigenvalue weighted by Gasteiger charge is -2.34. The molecule has 0 saturated carbocycles. The Hall–Kier alpha value is -2.35. The van der Waals surface area contributed by atoms with E-state index in [9.17, 15) is 9.18 Å². The maximum absolute atomic E-state index is 14.3. The second-order valence-corrected chi connectivity index (χ2v) is 5.99. The van der Waals surface area contributed by atoms with Gasteiger partial charge in [0.15, 0.2) is 5.67 Å². The minimum atomic E-state index is -1.39. The van der Waals surface area contributed by atoms with Gasteiger partial charge in [-0.05, 0) is 24.6 Å². The zero-order valence-corrected chi connectivity index (χ0v) is 12.5. The van der Waals surface area contributed by atoms with Crippen LogP contribution >= 0.6 is 0 Å². The number of anilines is 2. The number of benzene rings is 1. The van der Waals surface area contributed by atoms with E-state index in [0.29, 0.717) is 24.4 Å². The van der Waals surface area contributed by atoms with Crippen LogP contribution in [0, 0.1) is 0 Å². The molecule has 0 radical (unpaired) electrons. The summed E-state index contributed by atoms with van der Waals surface area (Å²) in [7, 11) is 0. The number of rotatable bonds is 3. The first-order valence-electron chi connectivity index (χ1n) is 7.52. The third kappa shape index (κ3) is 2.39. The van der Waals surface area contributed by atoms with E-state index < -0.39 is 5.67 Å². The second-order valence-electron chi connectivity index (χ2n) is 5.99. The molecule has 122 valence electrons. The van der Waals surface area contributed by atoms with Crippen LogP contribution in [0.4, 0.5) is 20.8 Å². The van der Waals surface area contributed by atoms with Gasteiger partial charge >= 0.3 is 6.09 Å². The number of amides is 1. The van der Waals surface area contributed by atoms with Crippen LogP contribution in [-0.4, -0.2) is 47.7 Å². The first kappa shape index (κ1) is 14.3. The first-order chi connectivity index (χ1) is 11.1. The molecule has 0 aliphatic carbocycles. The monoisotopic (exact) mass is 320 g/mol. The van der Waals surface area contributed by atoms with Gasteiger partial charge in [-0.15, -0.1) is 0 Å². The van der Waals surface area contributed by atoms with Crippen molar-refractivity contribution >= 4 is 28.8 Å². The highest BCUT2D eigenvalue weighted by molar-refractivity contribution is 5.92. The fourth-order valence-corrected chi connectivity index (χ4v) is 2.95. The Labute approximate surface area is 131 Å². The third-order valence-corrected chi connectivity index (χ3v) is 4.21. The van der Waals surface area contributed by atoms with E-state index in [0.717, 1.165) is 11.9 Å². The van der Waals surface area contributed by atoms with Crippen molar-refractivity contribution in [3.8, 4) is 0 Å². The Morgan fingerprint density at radius 1 is 1.39 bits per heavy atom. The average Bonchev–Trinajstić information content (AvgIpc) is 2.81. The van der Waals surface area contributed by atoms with Crippen molar-refractivity contribution in [1.29, 1.82) is 0 Å². The number of fused-ring (bicyclic) bond motifs is 1. The molecule has 1 amide bonds. The lowest BCUT2D eigenvalue weighted by atomic mass is 10.1. The van der Waals surface area contributed by atoms with Crippen molar-refractivity contribution in [2.24, 2.45) is 0 Å². The van der Waals surface area contributed by atoms with E-state index in [1.807, 2.05) is 0 Å². The van der Waals surface area contributed by atoms with E-state index >= 15 is 0 Å². The van der Waals surface area contributed by atoms with E-state index in [1.54, 1.807) is 27.7 Å². The maximum atomic E-state index is 14.3. The van der Waals surface area contributed by atoms with Crippen molar-refractivity contribution in [3.05, 3.63) is 18.2 Å². The number of hydrogen-bond donors (Lipinski definition) is 1. The lowest BCUT2D eigenvalue weighted by Crippen LogP contribution is -2.48. The summed E-state index contributed by atoms with van der Waals surface area (Å²) in [6, 6.07) is 5.38. The maximum Gasteiger partial charge on any atom is 0.414 e. The van der Waals surface area contributed by atoms with Crippen LogP contribution in [0.2, 0.25) is 0 Å². The molecule has 1 aromatic carbocycles. The molecule has 2 fully saturated rings. The van der Waals surface area contributed by atoms with Crippen LogP contribution in [-0.2, 0) is 16.0 Å². The van der Waals surface area contributed by atoms with Crippen molar-refractivity contribution in [1.82, 2.24) is 9.55 Å². The van der Waals surface area contributed by atoms with E-state index in [2.05, 4.69) is 4.98 Å². The predicted molar refractivity (Wildman–Crippen MR) is 82.1 cm³/mol. The van der Waals surface area contributed by atoms with Gasteiger partial charge in [0, 0.05) is 12.2 Å². The summed E-state index contributed by atoms with van der Waals surface area (Å²) in [5.41, 5.74) is 6.61. The lowest BCUT2D eigenvalue weighted by molar-refractivity contribution is -0.136. The van der Waals surface area contributed by atoms with Crippen LogP contribution in [0.1, 0.15) is 6.42 Å². The number of nitrogens with two attached hydrogens (primary N) is 1. The smallest absolute Gasteiger partial charge is 0.414 e. The molecular weight excluding hydrogens is 303 g/mol. The van der Waals surface area contributed by atoms with E-state index in [-0.39, 0.29) is 31.8 Å². The molecule has 0 unspecified atom stereocenters. The summed E-state index contributed by atoms with van der Waals surface area (Å²) < 4.78 is 25.9. The highest BCUT2D eigenvalue weighted by atomic mass is 19.1. The molecular formula is C15H17FN4O3. The van der Waals surface area contributed by atoms with E-state index in [4.69, 9.17) is 15.2 Å². The number of nitrogens with zero attached hydrogens (tertiary/aromatic N) is 3. The van der Waals surface area contributed by atoms with Crippen molar-refractivity contribution in [2.45, 2.75) is 18.6 Å². The number of carbonyl (C=O) groups is 1. The van der Waals surface area contributed by atoms with Gasteiger partial charge in [-0.1, -0.05) is 0 Å². The van der Waals surface area contributed by atoms with Crippen molar-refractivity contribution in [2.75, 3.05) is 37.0 Å². The molecule has 2 aliphatic heterocycles. The standard InChI is InChI=1S/C15H17FN4O3/c16-15(8-22-9-15)7-20-12-3-2-10(6-11(12)18-13(20)17)19-4-1-5-23-14(19)21/h2-3,6H,1,4-5,7-9H2,(H2,17,18). The average molecular weight is 320 g/mol. The largest absolute Gasteiger partial charge is 0.449 e. The number of carbonyl (C=O) groups excluding carboxylic acids is 1. The zero-order valence-electron chi connectivity index (χ0n) is 12.5. The SMILES string of the molecule is Nc1nc2cc(N3CCCOC3=O)ccc2n1CC1(F)COC1. The molecule has 0 atom stereocenters. The molecule has 2 aliphatic rings. The van der Waals surface area contributed by atoms with Gasteiger partial charge in [0.2, 0.25) is 5.95 Å². The van der Waals surface area contributed by atoms with Gasteiger partial charge in [-0.3, -0.25) is 4.90 Å². The Morgan fingerprint density at radius 3 is 2.91 bits per heavy atom. The van der Waals surface area contributed by atoms with Crippen LogP contribution in [0.15, 0.2) is 18.2 Å². The Morgan fingerprint density at radius 2 is 2.22 bits per heavy atom. The van der Waals surface area contributed by atoms with E-state index in [1.165, 1.54) is 0 Å². The molecule has 0 spiro atoms. The number of ether oxygens (including phenoxy) is 2. The van der Waals surface area contributed by atoms with Gasteiger partial charge < -0.3 is 19.8 Å². The summed E-state index contributed by atoms with van der Waals surface area (Å²) in [5.74, 6) is 0.252. The number of alkyl halides is 1. The summed E-state index contributed by atoms with van der Waals surface area (Å²) in [6.45, 7) is 1.30. The third-order valence-electron chi connectivity index (χ3n) is 4.21. The Bertz CT molecular complexity index is 771. The van der Waals surface area contributed by atoms with Crippen LogP contribution in [0.5, 0.6) is 0 Å². The molecule has 1 aromatic heterocycles. The number of hydrogen-bond acceptors (Lipinski definition) is 5. The predicted octanol–water partition coefficient (Wildman–Crippen LogP) is 1.70. The molecule has 3 heterocycles. The molecule has 2 aromatic rings. The van der Waals surface area contributed by atoms with Gasteiger partial charge in [-0.25, -0.2) is 14.2 Å². The summed E-state index contributed by atoms with van der Waals surface area (Å²) in [6.07, 6.45) is 0.419. The highest BCUT2D eigenvalue weighted by Crippen LogP contribution is 2.30. The van der Waals surface area contributed by atoms with Crippen molar-refractivity contribution < 1.29 is 18.7 Å². The highest BCUT2D eigenvalue weighted by Gasteiger charge is 2.40. The molecule has 7 nitrogen and oxygen atoms in total. The zero-order chi connectivity index (χ0) is 16.0. The Balaban J connectivity index is 1.68. The number of cyclic esters (lactones) is 1. The minimum Gasteiger partial charge on any atom is -0.449 e. The quantitative estimate of drug-likeness (QED) is 0.931. The van der Waals surface area contributed by atoms with Crippen LogP contribution in [0.25, 0.3) is 11.0 Å². The molecule has 2 saturated heterocycles. The summed E-state index contributed by atoms with van der Waals surface area (Å²) >= 11 is 0. The number of nitrogen functional groups attached to an aromatic ring is 1. The first-order valence-corrected chi connectivity index (χ1v) is 7.52. The molecule has 0 bridgehead atoms. The number of imidazole rings is 1. The van der Waals surface area contributed by atoms with Gasteiger partial charge in [0.25, 0.3) is 0 Å².